The van der Waals surface area contributed by atoms with Crippen LogP contribution in [-0.2, 0) is 5.33 Å². The van der Waals surface area contributed by atoms with E-state index in [1.807, 2.05) is 13.0 Å². The lowest BCUT2D eigenvalue weighted by atomic mass is 10.1. The van der Waals surface area contributed by atoms with E-state index in [0.717, 1.165) is 17.7 Å². The van der Waals surface area contributed by atoms with Crippen molar-refractivity contribution in [3.05, 3.63) is 29.3 Å². The smallest absolute Gasteiger partial charge is 0.123 e. The van der Waals surface area contributed by atoms with E-state index in [2.05, 4.69) is 35.0 Å². The van der Waals surface area contributed by atoms with Gasteiger partial charge in [0.1, 0.15) is 5.75 Å². The average molecular weight is 229 g/mol. The molecule has 0 saturated carbocycles. The molecule has 1 rings (SSSR count). The highest BCUT2D eigenvalue weighted by molar-refractivity contribution is 9.08. The van der Waals surface area contributed by atoms with Crippen LogP contribution >= 0.6 is 15.9 Å². The molecule has 0 aromatic heterocycles. The second kappa shape index (κ2) is 4.51. The number of hydrogen-bond acceptors (Lipinski definition) is 1. The highest BCUT2D eigenvalue weighted by Crippen LogP contribution is 2.22. The quantitative estimate of drug-likeness (QED) is 0.722. The molecule has 0 atom stereocenters. The van der Waals surface area contributed by atoms with Crippen LogP contribution in [0.4, 0.5) is 0 Å². The molecule has 1 nitrogen and oxygen atoms in total. The fourth-order valence-corrected chi connectivity index (χ4v) is 1.55. The van der Waals surface area contributed by atoms with Crippen molar-refractivity contribution in [2.75, 3.05) is 6.61 Å². The third kappa shape index (κ3) is 2.24. The van der Waals surface area contributed by atoms with E-state index in [1.54, 1.807) is 0 Å². The molecule has 1 aromatic rings. The van der Waals surface area contributed by atoms with E-state index < -0.39 is 0 Å². The maximum absolute atomic E-state index is 5.45. The van der Waals surface area contributed by atoms with Gasteiger partial charge in [-0.15, -0.1) is 0 Å². The Hall–Kier alpha value is -0.500. The number of halogens is 1. The van der Waals surface area contributed by atoms with Gasteiger partial charge in [-0.05, 0) is 19.9 Å². The van der Waals surface area contributed by atoms with Crippen molar-refractivity contribution < 1.29 is 4.74 Å². The highest BCUT2D eigenvalue weighted by Gasteiger charge is 2.00. The van der Waals surface area contributed by atoms with Gasteiger partial charge in [-0.1, -0.05) is 33.6 Å². The van der Waals surface area contributed by atoms with Crippen LogP contribution in [0.1, 0.15) is 18.1 Å². The molecule has 12 heavy (non-hydrogen) atoms. The van der Waals surface area contributed by atoms with Gasteiger partial charge in [0.15, 0.2) is 0 Å². The van der Waals surface area contributed by atoms with Crippen LogP contribution in [0.5, 0.6) is 5.75 Å². The molecule has 0 saturated heterocycles. The predicted octanol–water partition coefficient (Wildman–Crippen LogP) is 3.29. The number of alkyl halides is 1. The maximum Gasteiger partial charge on any atom is 0.123 e. The Balaban J connectivity index is 2.94. The topological polar surface area (TPSA) is 9.23 Å². The fourth-order valence-electron chi connectivity index (χ4n) is 1.11. The molecule has 0 aliphatic rings. The SMILES string of the molecule is CCOc1ccc(C)cc1CBr. The molecule has 0 fully saturated rings. The van der Waals surface area contributed by atoms with Gasteiger partial charge in [0.05, 0.1) is 6.61 Å². The van der Waals surface area contributed by atoms with Crippen molar-refractivity contribution in [3.8, 4) is 5.75 Å². The van der Waals surface area contributed by atoms with Gasteiger partial charge in [-0.25, -0.2) is 0 Å². The fraction of sp³-hybridized carbons (Fsp3) is 0.400. The Morgan fingerprint density at radius 2 is 2.17 bits per heavy atom. The van der Waals surface area contributed by atoms with E-state index >= 15 is 0 Å². The zero-order valence-corrected chi connectivity index (χ0v) is 9.02. The lowest BCUT2D eigenvalue weighted by Crippen LogP contribution is -1.95. The number of rotatable bonds is 3. The van der Waals surface area contributed by atoms with Crippen LogP contribution in [0.25, 0.3) is 0 Å². The molecule has 0 spiro atoms. The summed E-state index contributed by atoms with van der Waals surface area (Å²) in [6, 6.07) is 6.23. The average Bonchev–Trinajstić information content (AvgIpc) is 2.08. The predicted molar refractivity (Wildman–Crippen MR) is 55.0 cm³/mol. The molecule has 0 radical (unpaired) electrons. The minimum Gasteiger partial charge on any atom is -0.494 e. The second-order valence-corrected chi connectivity index (χ2v) is 3.24. The normalized spacial score (nSPS) is 9.92. The Labute approximate surface area is 81.9 Å². The maximum atomic E-state index is 5.45. The highest BCUT2D eigenvalue weighted by atomic mass is 79.9. The molecule has 0 aliphatic heterocycles. The van der Waals surface area contributed by atoms with E-state index in [4.69, 9.17) is 4.74 Å². The minimum atomic E-state index is 0.725. The van der Waals surface area contributed by atoms with E-state index in [0.29, 0.717) is 0 Å². The Morgan fingerprint density at radius 1 is 1.42 bits per heavy atom. The third-order valence-corrected chi connectivity index (χ3v) is 2.26. The van der Waals surface area contributed by atoms with Crippen LogP contribution in [0.15, 0.2) is 18.2 Å². The monoisotopic (exact) mass is 228 g/mol. The Morgan fingerprint density at radius 3 is 2.75 bits per heavy atom. The van der Waals surface area contributed by atoms with Crippen LogP contribution in [-0.4, -0.2) is 6.61 Å². The van der Waals surface area contributed by atoms with Crippen molar-refractivity contribution in [2.45, 2.75) is 19.2 Å². The number of ether oxygens (including phenoxy) is 1. The number of hydrogen-bond donors (Lipinski definition) is 0. The third-order valence-electron chi connectivity index (χ3n) is 1.66. The van der Waals surface area contributed by atoms with Gasteiger partial charge in [0.2, 0.25) is 0 Å². The second-order valence-electron chi connectivity index (χ2n) is 2.68. The standard InChI is InChI=1S/C10H13BrO/c1-3-12-10-5-4-8(2)6-9(10)7-11/h4-6H,3,7H2,1-2H3. The van der Waals surface area contributed by atoms with Gasteiger partial charge in [0, 0.05) is 10.9 Å². The van der Waals surface area contributed by atoms with E-state index in [-0.39, 0.29) is 0 Å². The molecule has 0 bridgehead atoms. The molecule has 0 heterocycles. The molecular formula is C10H13BrO. The minimum absolute atomic E-state index is 0.725. The zero-order valence-electron chi connectivity index (χ0n) is 7.43. The van der Waals surface area contributed by atoms with E-state index in [1.165, 1.54) is 11.1 Å². The van der Waals surface area contributed by atoms with Crippen LogP contribution in [0.2, 0.25) is 0 Å². The molecule has 0 amide bonds. The number of benzene rings is 1. The largest absolute Gasteiger partial charge is 0.494 e. The van der Waals surface area contributed by atoms with Crippen LogP contribution < -0.4 is 4.74 Å². The lowest BCUT2D eigenvalue weighted by Gasteiger charge is -2.08. The molecule has 0 N–H and O–H groups in total. The number of aryl methyl sites for hydroxylation is 1. The summed E-state index contributed by atoms with van der Waals surface area (Å²) < 4.78 is 5.45. The Bertz CT molecular complexity index is 258. The van der Waals surface area contributed by atoms with Gasteiger partial charge in [0.25, 0.3) is 0 Å². The van der Waals surface area contributed by atoms with Crippen molar-refractivity contribution in [3.63, 3.8) is 0 Å². The van der Waals surface area contributed by atoms with Crippen molar-refractivity contribution >= 4 is 15.9 Å². The van der Waals surface area contributed by atoms with Crippen molar-refractivity contribution in [2.24, 2.45) is 0 Å². The van der Waals surface area contributed by atoms with Gasteiger partial charge in [-0.2, -0.15) is 0 Å². The summed E-state index contributed by atoms with van der Waals surface area (Å²) in [5.41, 5.74) is 2.49. The van der Waals surface area contributed by atoms with Crippen molar-refractivity contribution in [1.82, 2.24) is 0 Å². The summed E-state index contributed by atoms with van der Waals surface area (Å²) in [7, 11) is 0. The molecular weight excluding hydrogens is 216 g/mol. The molecule has 0 aliphatic carbocycles. The first-order valence-electron chi connectivity index (χ1n) is 4.06. The Kier molecular flexibility index (Phi) is 3.60. The van der Waals surface area contributed by atoms with Crippen LogP contribution in [0.3, 0.4) is 0 Å². The van der Waals surface area contributed by atoms with Gasteiger partial charge in [-0.3, -0.25) is 0 Å². The lowest BCUT2D eigenvalue weighted by molar-refractivity contribution is 0.337. The van der Waals surface area contributed by atoms with Gasteiger partial charge >= 0.3 is 0 Å². The summed E-state index contributed by atoms with van der Waals surface area (Å²) in [6.07, 6.45) is 0. The summed E-state index contributed by atoms with van der Waals surface area (Å²) in [5.74, 6) is 0.986. The first-order valence-corrected chi connectivity index (χ1v) is 5.18. The molecule has 2 heteroatoms. The summed E-state index contributed by atoms with van der Waals surface area (Å²) in [5, 5.41) is 0.851. The van der Waals surface area contributed by atoms with Crippen molar-refractivity contribution in [1.29, 1.82) is 0 Å². The zero-order chi connectivity index (χ0) is 8.97. The summed E-state index contributed by atoms with van der Waals surface area (Å²) in [4.78, 5) is 0. The molecule has 1 aromatic carbocycles. The molecule has 66 valence electrons. The van der Waals surface area contributed by atoms with Gasteiger partial charge < -0.3 is 4.74 Å². The summed E-state index contributed by atoms with van der Waals surface area (Å²) in [6.45, 7) is 4.81. The van der Waals surface area contributed by atoms with E-state index in [9.17, 15) is 0 Å². The first-order chi connectivity index (χ1) is 5.77. The molecule has 0 unspecified atom stereocenters. The summed E-state index contributed by atoms with van der Waals surface area (Å²) >= 11 is 3.43. The van der Waals surface area contributed by atoms with Crippen LogP contribution in [0, 0.1) is 6.92 Å². The first kappa shape index (κ1) is 9.59.